The zero-order chi connectivity index (χ0) is 12.9. The molecule has 0 aromatic rings. The molecule has 0 radical (unpaired) electrons. The van der Waals surface area contributed by atoms with Crippen molar-refractivity contribution in [1.29, 1.82) is 0 Å². The van der Waals surface area contributed by atoms with Gasteiger partial charge in [-0.15, -0.1) is 13.2 Å². The zero-order valence-corrected chi connectivity index (χ0v) is 9.94. The predicted molar refractivity (Wildman–Crippen MR) is 63.9 cm³/mol. The van der Waals surface area contributed by atoms with Gasteiger partial charge in [0.1, 0.15) is 0 Å². The molecule has 4 nitrogen and oxygen atoms in total. The quantitative estimate of drug-likeness (QED) is 0.549. The van der Waals surface area contributed by atoms with Gasteiger partial charge in [-0.25, -0.2) is 4.79 Å². The maximum absolute atomic E-state index is 9.25. The molecule has 0 aromatic carbocycles. The van der Waals surface area contributed by atoms with Gasteiger partial charge >= 0.3 is 5.97 Å². The summed E-state index contributed by atoms with van der Waals surface area (Å²) in [6.07, 6.45) is 0.833. The van der Waals surface area contributed by atoms with Gasteiger partial charge < -0.3 is 15.1 Å². The number of carbonyl (C=O) groups is 1. The largest absolute Gasteiger partial charge is 0.478 e. The average Bonchev–Trinajstić information content (AvgIpc) is 2.20. The van der Waals surface area contributed by atoms with Crippen LogP contribution in [0.4, 0.5) is 0 Å². The highest BCUT2D eigenvalue weighted by Gasteiger charge is 1.98. The first-order valence-electron chi connectivity index (χ1n) is 4.55. The van der Waals surface area contributed by atoms with E-state index in [1.165, 1.54) is 0 Å². The van der Waals surface area contributed by atoms with Crippen molar-refractivity contribution in [1.82, 2.24) is 4.90 Å². The van der Waals surface area contributed by atoms with Crippen molar-refractivity contribution in [3.63, 3.8) is 0 Å². The van der Waals surface area contributed by atoms with Crippen LogP contribution in [-0.4, -0.2) is 48.3 Å². The molecule has 0 spiro atoms. The predicted octanol–water partition coefficient (Wildman–Crippen LogP) is 1.24. The molecule has 0 fully saturated rings. The normalized spacial score (nSPS) is 10.2. The van der Waals surface area contributed by atoms with Gasteiger partial charge in [-0.05, 0) is 20.0 Å². The van der Waals surface area contributed by atoms with Gasteiger partial charge in [0.15, 0.2) is 0 Å². The molecular weight excluding hydrogens is 194 g/mol. The van der Waals surface area contributed by atoms with E-state index >= 15 is 0 Å². The van der Waals surface area contributed by atoms with E-state index in [2.05, 4.69) is 24.6 Å². The van der Waals surface area contributed by atoms with Crippen molar-refractivity contribution in [2.45, 2.75) is 6.92 Å². The Labute approximate surface area is 92.5 Å². The van der Waals surface area contributed by atoms with E-state index in [1.807, 2.05) is 21.0 Å². The molecular formula is C11H23NO3. The Morgan fingerprint density at radius 3 is 1.87 bits per heavy atom. The van der Waals surface area contributed by atoms with Crippen LogP contribution in [0.2, 0.25) is 0 Å². The lowest BCUT2D eigenvalue weighted by Gasteiger charge is -2.13. The van der Waals surface area contributed by atoms with E-state index < -0.39 is 5.97 Å². The van der Waals surface area contributed by atoms with Crippen molar-refractivity contribution in [2.24, 2.45) is 5.92 Å². The van der Waals surface area contributed by atoms with Gasteiger partial charge in [-0.3, -0.25) is 0 Å². The van der Waals surface area contributed by atoms with Crippen LogP contribution in [0, 0.1) is 5.92 Å². The molecule has 1 unspecified atom stereocenters. The Balaban J connectivity index is -0.000000177. The molecule has 0 rings (SSSR count). The Morgan fingerprint density at radius 1 is 1.47 bits per heavy atom. The van der Waals surface area contributed by atoms with Crippen LogP contribution in [-0.2, 0) is 4.79 Å². The van der Waals surface area contributed by atoms with Crippen molar-refractivity contribution >= 4 is 5.97 Å². The maximum Gasteiger partial charge on any atom is 0.327 e. The van der Waals surface area contributed by atoms with Crippen LogP contribution in [0.1, 0.15) is 6.92 Å². The molecule has 0 aliphatic heterocycles. The molecule has 0 saturated heterocycles. The van der Waals surface area contributed by atoms with Gasteiger partial charge in [0.25, 0.3) is 0 Å². The second-order valence-electron chi connectivity index (χ2n) is 3.09. The second kappa shape index (κ2) is 15.3. The highest BCUT2D eigenvalue weighted by atomic mass is 16.4. The minimum absolute atomic E-state index is 0.290. The molecule has 90 valence electrons. The minimum atomic E-state index is -0.981. The standard InChI is InChI=1S/C6H15NO.C3H4O2.C2H4/c1-6(5-8)4-7(2)3;1-2-3(4)5;1-2/h6,8H,4-5H2,1-3H3;2H,1H2,(H,4,5);1-2H2. The summed E-state index contributed by atoms with van der Waals surface area (Å²) in [5, 5.41) is 16.2. The molecule has 2 N–H and O–H groups in total. The number of carboxylic acid groups (broad SMARTS) is 1. The van der Waals surface area contributed by atoms with Crippen LogP contribution in [0.3, 0.4) is 0 Å². The van der Waals surface area contributed by atoms with Crippen molar-refractivity contribution in [2.75, 3.05) is 27.2 Å². The van der Waals surface area contributed by atoms with Gasteiger partial charge in [-0.1, -0.05) is 13.5 Å². The number of carboxylic acids is 1. The second-order valence-corrected chi connectivity index (χ2v) is 3.09. The maximum atomic E-state index is 9.25. The van der Waals surface area contributed by atoms with E-state index in [0.29, 0.717) is 5.92 Å². The first-order chi connectivity index (χ1) is 6.93. The third-order valence-electron chi connectivity index (χ3n) is 1.16. The van der Waals surface area contributed by atoms with Crippen LogP contribution in [0.5, 0.6) is 0 Å². The average molecular weight is 217 g/mol. The Hall–Kier alpha value is -1.13. The summed E-state index contributed by atoms with van der Waals surface area (Å²) in [5.41, 5.74) is 0. The molecule has 0 bridgehead atoms. The minimum Gasteiger partial charge on any atom is -0.478 e. The fourth-order valence-electron chi connectivity index (χ4n) is 0.681. The lowest BCUT2D eigenvalue weighted by atomic mass is 10.2. The Bertz CT molecular complexity index is 158. The summed E-state index contributed by atoms with van der Waals surface area (Å²) in [6.45, 7) is 12.2. The Kier molecular flexibility index (Phi) is 19.9. The first-order valence-corrected chi connectivity index (χ1v) is 4.55. The molecule has 0 amide bonds. The zero-order valence-electron chi connectivity index (χ0n) is 9.94. The summed E-state index contributed by atoms with van der Waals surface area (Å²) in [4.78, 5) is 11.3. The number of nitrogens with zero attached hydrogens (tertiary/aromatic N) is 1. The smallest absolute Gasteiger partial charge is 0.327 e. The van der Waals surface area contributed by atoms with E-state index in [1.54, 1.807) is 0 Å². The third-order valence-corrected chi connectivity index (χ3v) is 1.16. The number of aliphatic hydroxyl groups excluding tert-OH is 1. The number of rotatable bonds is 4. The monoisotopic (exact) mass is 217 g/mol. The molecule has 4 heteroatoms. The van der Waals surface area contributed by atoms with Gasteiger partial charge in [0, 0.05) is 19.2 Å². The number of hydrogen-bond donors (Lipinski definition) is 2. The fourth-order valence-corrected chi connectivity index (χ4v) is 0.681. The molecule has 0 heterocycles. The van der Waals surface area contributed by atoms with E-state index in [4.69, 9.17) is 10.2 Å². The molecule has 0 aliphatic carbocycles. The third kappa shape index (κ3) is 32.2. The van der Waals surface area contributed by atoms with Crippen molar-refractivity contribution in [3.05, 3.63) is 25.8 Å². The summed E-state index contributed by atoms with van der Waals surface area (Å²) in [6, 6.07) is 0. The number of aliphatic hydroxyl groups is 1. The van der Waals surface area contributed by atoms with Crippen LogP contribution in [0.25, 0.3) is 0 Å². The molecule has 15 heavy (non-hydrogen) atoms. The fraction of sp³-hybridized carbons (Fsp3) is 0.545. The lowest BCUT2D eigenvalue weighted by Crippen LogP contribution is -2.21. The highest BCUT2D eigenvalue weighted by molar-refractivity contribution is 5.78. The van der Waals surface area contributed by atoms with E-state index in [-0.39, 0.29) is 6.61 Å². The number of hydrogen-bond acceptors (Lipinski definition) is 3. The van der Waals surface area contributed by atoms with Crippen LogP contribution < -0.4 is 0 Å². The van der Waals surface area contributed by atoms with Crippen molar-refractivity contribution in [3.8, 4) is 0 Å². The summed E-state index contributed by atoms with van der Waals surface area (Å²) in [7, 11) is 4.01. The van der Waals surface area contributed by atoms with Gasteiger partial charge in [0.05, 0.1) is 0 Å². The topological polar surface area (TPSA) is 60.8 Å². The molecule has 0 saturated carbocycles. The Morgan fingerprint density at radius 2 is 1.80 bits per heavy atom. The van der Waals surface area contributed by atoms with E-state index in [0.717, 1.165) is 12.6 Å². The van der Waals surface area contributed by atoms with Crippen molar-refractivity contribution < 1.29 is 15.0 Å². The first kappa shape index (κ1) is 19.4. The summed E-state index contributed by atoms with van der Waals surface area (Å²) >= 11 is 0. The van der Waals surface area contributed by atoms with Crippen LogP contribution >= 0.6 is 0 Å². The van der Waals surface area contributed by atoms with E-state index in [9.17, 15) is 4.79 Å². The van der Waals surface area contributed by atoms with Gasteiger partial charge in [-0.2, -0.15) is 0 Å². The summed E-state index contributed by atoms with van der Waals surface area (Å²) in [5.74, 6) is -0.574. The number of aliphatic carboxylic acids is 1. The molecule has 1 atom stereocenters. The van der Waals surface area contributed by atoms with Crippen LogP contribution in [0.15, 0.2) is 25.8 Å². The summed E-state index contributed by atoms with van der Waals surface area (Å²) < 4.78 is 0. The highest BCUT2D eigenvalue weighted by Crippen LogP contribution is 1.92. The SMILES string of the molecule is C=C.C=CC(=O)O.CC(CO)CN(C)C. The molecule has 0 aliphatic rings. The molecule has 0 aromatic heterocycles. The lowest BCUT2D eigenvalue weighted by molar-refractivity contribution is -0.131. The van der Waals surface area contributed by atoms with Gasteiger partial charge in [0.2, 0.25) is 0 Å².